The van der Waals surface area contributed by atoms with Gasteiger partial charge in [-0.25, -0.2) is 0 Å². The predicted molar refractivity (Wildman–Crippen MR) is 60.9 cm³/mol. The molecule has 0 saturated heterocycles. The fourth-order valence-electron chi connectivity index (χ4n) is 1.13. The molecule has 2 nitrogen and oxygen atoms in total. The van der Waals surface area contributed by atoms with Gasteiger partial charge in [-0.2, -0.15) is 0 Å². The Morgan fingerprint density at radius 3 is 2.73 bits per heavy atom. The van der Waals surface area contributed by atoms with E-state index in [2.05, 4.69) is 5.32 Å². The third-order valence-corrected chi connectivity index (χ3v) is 1.90. The second kappa shape index (κ2) is 5.66. The molecular weight excluding hydrogens is 186 g/mol. The molecule has 0 aliphatic rings. The zero-order chi connectivity index (χ0) is 11.1. The van der Waals surface area contributed by atoms with Gasteiger partial charge in [-0.15, -0.1) is 6.42 Å². The second-order valence-corrected chi connectivity index (χ2v) is 3.18. The normalized spacial score (nSPS) is 10.5. The first-order valence-corrected chi connectivity index (χ1v) is 4.69. The van der Waals surface area contributed by atoms with E-state index < -0.39 is 0 Å². The van der Waals surface area contributed by atoms with Crippen LogP contribution in [-0.4, -0.2) is 5.78 Å². The van der Waals surface area contributed by atoms with Crippen LogP contribution in [0.2, 0.25) is 0 Å². The quantitative estimate of drug-likeness (QED) is 0.456. The maximum absolute atomic E-state index is 10.9. The summed E-state index contributed by atoms with van der Waals surface area (Å²) in [6.45, 7) is 2.51. The fraction of sp³-hybridized carbons (Fsp3) is 0.154. The van der Waals surface area contributed by atoms with Gasteiger partial charge >= 0.3 is 0 Å². The highest BCUT2D eigenvalue weighted by Gasteiger charge is 1.94. The lowest BCUT2D eigenvalue weighted by atomic mass is 10.2. The van der Waals surface area contributed by atoms with Gasteiger partial charge in [0.2, 0.25) is 5.78 Å². The standard InChI is InChI=1S/C13H13NO/c1-3-13(15)9-11(2)14-10-12-7-5-4-6-8-12/h1,4-9,14H,10H2,2H3/b11-9-. The summed E-state index contributed by atoms with van der Waals surface area (Å²) < 4.78 is 0. The Morgan fingerprint density at radius 2 is 2.13 bits per heavy atom. The number of carbonyl (C=O) groups excluding carboxylic acids is 1. The lowest BCUT2D eigenvalue weighted by molar-refractivity contribution is -0.109. The van der Waals surface area contributed by atoms with Crippen LogP contribution in [0.1, 0.15) is 12.5 Å². The van der Waals surface area contributed by atoms with Gasteiger partial charge in [0.15, 0.2) is 0 Å². The van der Waals surface area contributed by atoms with E-state index >= 15 is 0 Å². The average Bonchev–Trinajstić information content (AvgIpc) is 2.27. The second-order valence-electron chi connectivity index (χ2n) is 3.18. The molecule has 0 atom stereocenters. The molecule has 1 rings (SSSR count). The van der Waals surface area contributed by atoms with Crippen molar-refractivity contribution in [2.75, 3.05) is 0 Å². The molecule has 0 aromatic heterocycles. The fourth-order valence-corrected chi connectivity index (χ4v) is 1.13. The smallest absolute Gasteiger partial charge is 0.230 e. The Labute approximate surface area is 90.0 Å². The van der Waals surface area contributed by atoms with Crippen LogP contribution in [0.4, 0.5) is 0 Å². The molecule has 0 fully saturated rings. The van der Waals surface area contributed by atoms with Crippen molar-refractivity contribution in [3.63, 3.8) is 0 Å². The Hall–Kier alpha value is -2.01. The van der Waals surface area contributed by atoms with Gasteiger partial charge in [-0.05, 0) is 18.4 Å². The third kappa shape index (κ3) is 4.15. The van der Waals surface area contributed by atoms with Crippen LogP contribution >= 0.6 is 0 Å². The molecule has 0 saturated carbocycles. The van der Waals surface area contributed by atoms with Crippen LogP contribution in [0.3, 0.4) is 0 Å². The van der Waals surface area contributed by atoms with E-state index in [4.69, 9.17) is 6.42 Å². The van der Waals surface area contributed by atoms with Crippen LogP contribution in [0.15, 0.2) is 42.1 Å². The van der Waals surface area contributed by atoms with E-state index in [0.29, 0.717) is 6.54 Å². The molecule has 1 aromatic carbocycles. The summed E-state index contributed by atoms with van der Waals surface area (Å²) in [6.07, 6.45) is 6.38. The van der Waals surface area contributed by atoms with Crippen molar-refractivity contribution in [1.29, 1.82) is 0 Å². The molecule has 0 radical (unpaired) electrons. The topological polar surface area (TPSA) is 29.1 Å². The summed E-state index contributed by atoms with van der Waals surface area (Å²) >= 11 is 0. The SMILES string of the molecule is C#CC(=O)/C=C(/C)NCc1ccccc1. The number of hydrogen-bond acceptors (Lipinski definition) is 2. The van der Waals surface area contributed by atoms with Crippen LogP contribution in [0.5, 0.6) is 0 Å². The first-order valence-electron chi connectivity index (χ1n) is 4.69. The molecule has 0 heterocycles. The molecule has 0 aliphatic heterocycles. The van der Waals surface area contributed by atoms with Crippen molar-refractivity contribution in [3.05, 3.63) is 47.7 Å². The highest BCUT2D eigenvalue weighted by Crippen LogP contribution is 1.99. The maximum Gasteiger partial charge on any atom is 0.230 e. The molecule has 1 N–H and O–H groups in total. The van der Waals surface area contributed by atoms with Gasteiger partial charge in [-0.3, -0.25) is 4.79 Å². The minimum absolute atomic E-state index is 0.312. The number of ketones is 1. The van der Waals surface area contributed by atoms with Gasteiger partial charge in [-0.1, -0.05) is 30.3 Å². The Balaban J connectivity index is 2.48. The molecule has 76 valence electrons. The van der Waals surface area contributed by atoms with Gasteiger partial charge in [0.05, 0.1) is 0 Å². The largest absolute Gasteiger partial charge is 0.384 e. The molecule has 15 heavy (non-hydrogen) atoms. The number of allylic oxidation sites excluding steroid dienone is 2. The minimum Gasteiger partial charge on any atom is -0.384 e. The van der Waals surface area contributed by atoms with Crippen molar-refractivity contribution in [3.8, 4) is 12.3 Å². The van der Waals surface area contributed by atoms with E-state index in [9.17, 15) is 4.79 Å². The lowest BCUT2D eigenvalue weighted by Gasteiger charge is -2.05. The number of carbonyl (C=O) groups is 1. The van der Waals surface area contributed by atoms with Gasteiger partial charge in [0.1, 0.15) is 0 Å². The number of terminal acetylenes is 1. The van der Waals surface area contributed by atoms with Crippen molar-refractivity contribution in [2.45, 2.75) is 13.5 Å². The Kier molecular flexibility index (Phi) is 4.18. The molecule has 2 heteroatoms. The number of hydrogen-bond donors (Lipinski definition) is 1. The van der Waals surface area contributed by atoms with E-state index in [1.165, 1.54) is 11.6 Å². The summed E-state index contributed by atoms with van der Waals surface area (Å²) in [5.74, 6) is 1.73. The zero-order valence-electron chi connectivity index (χ0n) is 8.66. The number of rotatable bonds is 4. The predicted octanol–water partition coefficient (Wildman–Crippen LogP) is 1.88. The highest BCUT2D eigenvalue weighted by molar-refractivity contribution is 6.04. The highest BCUT2D eigenvalue weighted by atomic mass is 16.1. The lowest BCUT2D eigenvalue weighted by Crippen LogP contribution is -2.11. The first kappa shape index (κ1) is 11.1. The Bertz CT molecular complexity index is 398. The molecule has 0 spiro atoms. The van der Waals surface area contributed by atoms with E-state index in [1.807, 2.05) is 43.2 Å². The van der Waals surface area contributed by atoms with E-state index in [-0.39, 0.29) is 5.78 Å². The van der Waals surface area contributed by atoms with E-state index in [0.717, 1.165) is 5.70 Å². The van der Waals surface area contributed by atoms with Crippen LogP contribution in [0, 0.1) is 12.3 Å². The summed E-state index contributed by atoms with van der Waals surface area (Å²) in [5, 5.41) is 3.11. The Morgan fingerprint density at radius 1 is 1.47 bits per heavy atom. The number of benzene rings is 1. The van der Waals surface area contributed by atoms with Gasteiger partial charge in [0.25, 0.3) is 0 Å². The molecule has 0 bridgehead atoms. The van der Waals surface area contributed by atoms with Crippen molar-refractivity contribution >= 4 is 5.78 Å². The summed E-state index contributed by atoms with van der Waals surface area (Å²) in [7, 11) is 0. The van der Waals surface area contributed by atoms with Crippen LogP contribution in [-0.2, 0) is 11.3 Å². The first-order chi connectivity index (χ1) is 7.22. The molecular formula is C13H13NO. The van der Waals surface area contributed by atoms with E-state index in [1.54, 1.807) is 0 Å². The minimum atomic E-state index is -0.312. The third-order valence-electron chi connectivity index (χ3n) is 1.90. The molecule has 0 unspecified atom stereocenters. The summed E-state index contributed by atoms with van der Waals surface area (Å²) in [4.78, 5) is 10.9. The summed E-state index contributed by atoms with van der Waals surface area (Å²) in [5.41, 5.74) is 1.94. The number of nitrogens with one attached hydrogen (secondary N) is 1. The summed E-state index contributed by atoms with van der Waals surface area (Å²) in [6, 6.07) is 9.95. The van der Waals surface area contributed by atoms with Gasteiger partial charge in [0, 0.05) is 18.3 Å². The maximum atomic E-state index is 10.9. The molecule has 1 aromatic rings. The van der Waals surface area contributed by atoms with Crippen LogP contribution in [0.25, 0.3) is 0 Å². The molecule has 0 aliphatic carbocycles. The monoisotopic (exact) mass is 199 g/mol. The van der Waals surface area contributed by atoms with Crippen molar-refractivity contribution in [2.24, 2.45) is 0 Å². The van der Waals surface area contributed by atoms with Crippen molar-refractivity contribution < 1.29 is 4.79 Å². The molecule has 0 amide bonds. The van der Waals surface area contributed by atoms with Crippen LogP contribution < -0.4 is 5.32 Å². The van der Waals surface area contributed by atoms with Crippen molar-refractivity contribution in [1.82, 2.24) is 5.32 Å². The zero-order valence-corrected chi connectivity index (χ0v) is 8.66. The average molecular weight is 199 g/mol. The van der Waals surface area contributed by atoms with Gasteiger partial charge < -0.3 is 5.32 Å².